The maximum Gasteiger partial charge on any atom is 0.298 e. The van der Waals surface area contributed by atoms with Crippen molar-refractivity contribution in [2.75, 3.05) is 13.6 Å². The fourth-order valence-corrected chi connectivity index (χ4v) is 0.855. The summed E-state index contributed by atoms with van der Waals surface area (Å²) in [5.41, 5.74) is -0.861. The Balaban J connectivity index is 4.11. The second kappa shape index (κ2) is 4.13. The fourth-order valence-electron chi connectivity index (χ4n) is 0.855. The Kier molecular flexibility index (Phi) is 3.78. The molecule has 1 N–H and O–H groups in total. The van der Waals surface area contributed by atoms with Crippen LogP contribution in [0.15, 0.2) is 0 Å². The minimum absolute atomic E-state index is 0.264. The standard InChI is InChI=1S/C9H15NO2/c1-5-6-8(11)10(4)7-9(2,3)12/h12H,7H2,1-4H3. The SMILES string of the molecule is CC#CC(=O)N(C)CC(C)(C)O. The van der Waals surface area contributed by atoms with Crippen LogP contribution in [0.2, 0.25) is 0 Å². The molecular formula is C9H15NO2. The number of hydrogen-bond donors (Lipinski definition) is 1. The van der Waals surface area contributed by atoms with Crippen LogP contribution in [0.4, 0.5) is 0 Å². The van der Waals surface area contributed by atoms with E-state index in [1.807, 2.05) is 0 Å². The van der Waals surface area contributed by atoms with Crippen molar-refractivity contribution >= 4 is 5.91 Å². The highest BCUT2D eigenvalue weighted by Crippen LogP contribution is 2.02. The average Bonchev–Trinajstić information content (AvgIpc) is 1.84. The van der Waals surface area contributed by atoms with E-state index in [1.165, 1.54) is 4.90 Å². The summed E-state index contributed by atoms with van der Waals surface area (Å²) >= 11 is 0. The van der Waals surface area contributed by atoms with Crippen LogP contribution >= 0.6 is 0 Å². The molecule has 0 aliphatic heterocycles. The molecule has 0 atom stereocenters. The molecule has 0 aliphatic carbocycles. The maximum atomic E-state index is 11.1. The molecule has 0 rings (SSSR count). The zero-order valence-electron chi connectivity index (χ0n) is 8.01. The van der Waals surface area contributed by atoms with Crippen LogP contribution in [0.25, 0.3) is 0 Å². The predicted octanol–water partition coefficient (Wildman–Crippen LogP) is 0.239. The van der Waals surface area contributed by atoms with Crippen LogP contribution in [0.1, 0.15) is 20.8 Å². The third-order valence-corrected chi connectivity index (χ3v) is 1.20. The molecule has 0 radical (unpaired) electrons. The number of carbonyl (C=O) groups is 1. The first kappa shape index (κ1) is 11.0. The van der Waals surface area contributed by atoms with Crippen molar-refractivity contribution in [1.29, 1.82) is 0 Å². The first-order valence-corrected chi connectivity index (χ1v) is 3.77. The summed E-state index contributed by atoms with van der Waals surface area (Å²) in [4.78, 5) is 12.5. The van der Waals surface area contributed by atoms with Crippen LogP contribution in [0, 0.1) is 11.8 Å². The number of amides is 1. The van der Waals surface area contributed by atoms with Gasteiger partial charge < -0.3 is 10.0 Å². The minimum atomic E-state index is -0.861. The molecule has 12 heavy (non-hydrogen) atoms. The van der Waals surface area contributed by atoms with Crippen LogP contribution < -0.4 is 0 Å². The lowest BCUT2D eigenvalue weighted by molar-refractivity contribution is -0.126. The molecule has 3 heteroatoms. The minimum Gasteiger partial charge on any atom is -0.389 e. The fraction of sp³-hybridized carbons (Fsp3) is 0.667. The quantitative estimate of drug-likeness (QED) is 0.601. The summed E-state index contributed by atoms with van der Waals surface area (Å²) in [7, 11) is 1.62. The molecule has 0 saturated heterocycles. The highest BCUT2D eigenvalue weighted by Gasteiger charge is 2.17. The monoisotopic (exact) mass is 169 g/mol. The normalized spacial score (nSPS) is 10.1. The number of likely N-dealkylation sites (N-methyl/N-ethyl adjacent to an activating group) is 1. The zero-order chi connectivity index (χ0) is 9.78. The van der Waals surface area contributed by atoms with Crippen LogP contribution in [-0.2, 0) is 4.79 Å². The number of hydrogen-bond acceptors (Lipinski definition) is 2. The highest BCUT2D eigenvalue weighted by molar-refractivity contribution is 5.93. The Morgan fingerprint density at radius 3 is 2.42 bits per heavy atom. The van der Waals surface area contributed by atoms with Crippen molar-refractivity contribution in [2.24, 2.45) is 0 Å². The lowest BCUT2D eigenvalue weighted by atomic mass is 10.1. The predicted molar refractivity (Wildman–Crippen MR) is 47.4 cm³/mol. The van der Waals surface area contributed by atoms with E-state index in [9.17, 15) is 9.90 Å². The van der Waals surface area contributed by atoms with E-state index < -0.39 is 5.60 Å². The third-order valence-electron chi connectivity index (χ3n) is 1.20. The van der Waals surface area contributed by atoms with Gasteiger partial charge in [-0.05, 0) is 26.7 Å². The van der Waals surface area contributed by atoms with E-state index in [0.29, 0.717) is 6.54 Å². The van der Waals surface area contributed by atoms with Gasteiger partial charge in [0.1, 0.15) is 0 Å². The molecule has 0 heterocycles. The molecule has 0 aromatic heterocycles. The molecule has 0 aromatic carbocycles. The van der Waals surface area contributed by atoms with Crippen LogP contribution in [-0.4, -0.2) is 35.1 Å². The van der Waals surface area contributed by atoms with Crippen LogP contribution in [0.5, 0.6) is 0 Å². The smallest absolute Gasteiger partial charge is 0.298 e. The van der Waals surface area contributed by atoms with Crippen molar-refractivity contribution in [3.05, 3.63) is 0 Å². The van der Waals surface area contributed by atoms with E-state index in [0.717, 1.165) is 0 Å². The molecule has 0 unspecified atom stereocenters. The van der Waals surface area contributed by atoms with Gasteiger partial charge in [-0.25, -0.2) is 0 Å². The summed E-state index contributed by atoms with van der Waals surface area (Å²) in [6, 6.07) is 0. The van der Waals surface area contributed by atoms with Gasteiger partial charge in [0.2, 0.25) is 0 Å². The Labute approximate surface area is 73.4 Å². The lowest BCUT2D eigenvalue weighted by Gasteiger charge is -2.23. The van der Waals surface area contributed by atoms with Crippen LogP contribution in [0.3, 0.4) is 0 Å². The third kappa shape index (κ3) is 4.75. The van der Waals surface area contributed by atoms with Crippen molar-refractivity contribution in [3.8, 4) is 11.8 Å². The summed E-state index contributed by atoms with van der Waals surface area (Å²) < 4.78 is 0. The Morgan fingerprint density at radius 2 is 2.08 bits per heavy atom. The molecule has 0 bridgehead atoms. The second-order valence-electron chi connectivity index (χ2n) is 3.35. The van der Waals surface area contributed by atoms with E-state index in [2.05, 4.69) is 11.8 Å². The molecule has 0 fully saturated rings. The number of nitrogens with zero attached hydrogens (tertiary/aromatic N) is 1. The first-order chi connectivity index (χ1) is 5.37. The Hall–Kier alpha value is -1.01. The van der Waals surface area contributed by atoms with Gasteiger partial charge in [-0.15, -0.1) is 0 Å². The molecule has 1 amide bonds. The van der Waals surface area contributed by atoms with E-state index in [4.69, 9.17) is 0 Å². The van der Waals surface area contributed by atoms with E-state index in [1.54, 1.807) is 27.8 Å². The van der Waals surface area contributed by atoms with Gasteiger partial charge in [-0.1, -0.05) is 5.92 Å². The average molecular weight is 169 g/mol. The van der Waals surface area contributed by atoms with Gasteiger partial charge >= 0.3 is 0 Å². The topological polar surface area (TPSA) is 40.5 Å². The van der Waals surface area contributed by atoms with Crippen molar-refractivity contribution < 1.29 is 9.90 Å². The molecule has 0 aliphatic rings. The van der Waals surface area contributed by atoms with Gasteiger partial charge in [0.15, 0.2) is 0 Å². The van der Waals surface area contributed by atoms with Crippen molar-refractivity contribution in [3.63, 3.8) is 0 Å². The largest absolute Gasteiger partial charge is 0.389 e. The summed E-state index contributed by atoms with van der Waals surface area (Å²) in [5.74, 6) is 4.64. The van der Waals surface area contributed by atoms with E-state index in [-0.39, 0.29) is 5.91 Å². The Morgan fingerprint density at radius 1 is 1.58 bits per heavy atom. The van der Waals surface area contributed by atoms with Gasteiger partial charge in [-0.2, -0.15) is 0 Å². The van der Waals surface area contributed by atoms with Crippen molar-refractivity contribution in [1.82, 2.24) is 4.90 Å². The first-order valence-electron chi connectivity index (χ1n) is 3.77. The van der Waals surface area contributed by atoms with Gasteiger partial charge in [-0.3, -0.25) is 4.79 Å². The lowest BCUT2D eigenvalue weighted by Crippen LogP contribution is -2.39. The van der Waals surface area contributed by atoms with Gasteiger partial charge in [0.25, 0.3) is 5.91 Å². The van der Waals surface area contributed by atoms with Gasteiger partial charge in [0.05, 0.1) is 5.60 Å². The molecule has 3 nitrogen and oxygen atoms in total. The van der Waals surface area contributed by atoms with Gasteiger partial charge in [0, 0.05) is 13.6 Å². The maximum absolute atomic E-state index is 11.1. The molecule has 0 saturated carbocycles. The second-order valence-corrected chi connectivity index (χ2v) is 3.35. The number of rotatable bonds is 2. The van der Waals surface area contributed by atoms with E-state index >= 15 is 0 Å². The molecule has 68 valence electrons. The van der Waals surface area contributed by atoms with Crippen molar-refractivity contribution in [2.45, 2.75) is 26.4 Å². The summed E-state index contributed by atoms with van der Waals surface area (Å²) in [5, 5.41) is 9.36. The summed E-state index contributed by atoms with van der Waals surface area (Å²) in [6.07, 6.45) is 0. The molecular weight excluding hydrogens is 154 g/mol. The number of aliphatic hydroxyl groups is 1. The number of carbonyl (C=O) groups excluding carboxylic acids is 1. The molecule has 0 spiro atoms. The zero-order valence-corrected chi connectivity index (χ0v) is 8.01. The molecule has 0 aromatic rings. The highest BCUT2D eigenvalue weighted by atomic mass is 16.3. The summed E-state index contributed by atoms with van der Waals surface area (Å²) in [6.45, 7) is 5.20. The Bertz CT molecular complexity index is 217.